The minimum atomic E-state index is -0.686. The summed E-state index contributed by atoms with van der Waals surface area (Å²) in [5, 5.41) is 0.374. The van der Waals surface area contributed by atoms with Crippen molar-refractivity contribution in [3.05, 3.63) is 28.8 Å². The molecular formula is C9H7Cl3O2. The summed E-state index contributed by atoms with van der Waals surface area (Å²) in [6, 6.07) is 4.70. The summed E-state index contributed by atoms with van der Waals surface area (Å²) in [6.07, 6.45) is 0. The van der Waals surface area contributed by atoms with E-state index < -0.39 is 10.8 Å². The van der Waals surface area contributed by atoms with Gasteiger partial charge in [0, 0.05) is 12.5 Å². The third-order valence-corrected chi connectivity index (χ3v) is 2.27. The second-order valence-corrected chi connectivity index (χ2v) is 4.08. The molecular weight excluding hydrogens is 246 g/mol. The number of halogens is 3. The number of hydrogen-bond donors (Lipinski definition) is 0. The molecule has 0 saturated heterocycles. The first kappa shape index (κ1) is 11.6. The molecule has 0 aliphatic carbocycles. The highest BCUT2D eigenvalue weighted by molar-refractivity contribution is 6.45. The van der Waals surface area contributed by atoms with Crippen molar-refractivity contribution in [3.8, 4) is 5.75 Å². The number of alkyl halides is 2. The summed E-state index contributed by atoms with van der Waals surface area (Å²) in [7, 11) is 0. The molecule has 1 aromatic carbocycles. The van der Waals surface area contributed by atoms with E-state index in [4.69, 9.17) is 39.5 Å². The van der Waals surface area contributed by atoms with Crippen LogP contribution >= 0.6 is 34.8 Å². The van der Waals surface area contributed by atoms with Gasteiger partial charge in [-0.1, -0.05) is 17.7 Å². The Hall–Kier alpha value is -0.440. The van der Waals surface area contributed by atoms with Gasteiger partial charge in [-0.25, -0.2) is 0 Å². The highest BCUT2D eigenvalue weighted by atomic mass is 35.5. The predicted molar refractivity (Wildman–Crippen MR) is 57.2 cm³/mol. The zero-order valence-corrected chi connectivity index (χ0v) is 9.53. The van der Waals surface area contributed by atoms with Crippen LogP contribution in [0, 0.1) is 0 Å². The van der Waals surface area contributed by atoms with Gasteiger partial charge in [0.1, 0.15) is 10.6 Å². The van der Waals surface area contributed by atoms with Crippen molar-refractivity contribution in [1.82, 2.24) is 0 Å². The fourth-order valence-electron chi connectivity index (χ4n) is 0.914. The first-order valence-electron chi connectivity index (χ1n) is 3.76. The zero-order chi connectivity index (χ0) is 10.7. The van der Waals surface area contributed by atoms with Gasteiger partial charge in [-0.05, 0) is 12.1 Å². The van der Waals surface area contributed by atoms with E-state index >= 15 is 0 Å². The van der Waals surface area contributed by atoms with Crippen LogP contribution in [-0.4, -0.2) is 5.97 Å². The highest BCUT2D eigenvalue weighted by Gasteiger charge is 2.09. The average molecular weight is 254 g/mol. The monoisotopic (exact) mass is 252 g/mol. The number of carbonyl (C=O) groups is 1. The molecule has 0 aromatic heterocycles. The van der Waals surface area contributed by atoms with Crippen LogP contribution in [0.2, 0.25) is 5.02 Å². The number of carbonyl (C=O) groups excluding carboxylic acids is 1. The van der Waals surface area contributed by atoms with Crippen molar-refractivity contribution < 1.29 is 9.53 Å². The molecule has 0 aliphatic heterocycles. The molecule has 0 spiro atoms. The standard InChI is InChI=1S/C9H7Cl3O2/c1-5(13)14-6-2-3-7(9(11)12)8(10)4-6/h2-4,9H,1H3. The van der Waals surface area contributed by atoms with Crippen LogP contribution in [0.15, 0.2) is 18.2 Å². The third-order valence-electron chi connectivity index (χ3n) is 1.47. The van der Waals surface area contributed by atoms with Gasteiger partial charge in [0.25, 0.3) is 0 Å². The van der Waals surface area contributed by atoms with Gasteiger partial charge < -0.3 is 4.74 Å². The lowest BCUT2D eigenvalue weighted by Gasteiger charge is -2.06. The molecule has 0 amide bonds. The van der Waals surface area contributed by atoms with E-state index in [1.807, 2.05) is 0 Å². The van der Waals surface area contributed by atoms with Crippen LogP contribution in [-0.2, 0) is 4.79 Å². The van der Waals surface area contributed by atoms with Gasteiger partial charge in [0.15, 0.2) is 0 Å². The summed E-state index contributed by atoms with van der Waals surface area (Å²) in [6.45, 7) is 1.31. The molecule has 0 unspecified atom stereocenters. The molecule has 0 atom stereocenters. The molecule has 14 heavy (non-hydrogen) atoms. The van der Waals surface area contributed by atoms with Gasteiger partial charge in [0.05, 0.1) is 5.02 Å². The smallest absolute Gasteiger partial charge is 0.308 e. The minimum absolute atomic E-state index is 0.374. The first-order chi connectivity index (χ1) is 6.50. The van der Waals surface area contributed by atoms with E-state index in [2.05, 4.69) is 0 Å². The van der Waals surface area contributed by atoms with Crippen molar-refractivity contribution in [2.45, 2.75) is 11.8 Å². The van der Waals surface area contributed by atoms with E-state index in [-0.39, 0.29) is 0 Å². The summed E-state index contributed by atoms with van der Waals surface area (Å²) >= 11 is 17.1. The van der Waals surface area contributed by atoms with Gasteiger partial charge in [-0.3, -0.25) is 4.79 Å². The lowest BCUT2D eigenvalue weighted by molar-refractivity contribution is -0.131. The fourth-order valence-corrected chi connectivity index (χ4v) is 1.69. The molecule has 0 saturated carbocycles. The average Bonchev–Trinajstić information content (AvgIpc) is 2.01. The molecule has 0 radical (unpaired) electrons. The largest absolute Gasteiger partial charge is 0.427 e. The van der Waals surface area contributed by atoms with Crippen LogP contribution in [0.4, 0.5) is 0 Å². The van der Waals surface area contributed by atoms with Crippen LogP contribution < -0.4 is 4.74 Å². The molecule has 1 rings (SSSR count). The first-order valence-corrected chi connectivity index (χ1v) is 5.02. The van der Waals surface area contributed by atoms with E-state index in [0.29, 0.717) is 16.3 Å². The molecule has 2 nitrogen and oxygen atoms in total. The number of benzene rings is 1. The fraction of sp³-hybridized carbons (Fsp3) is 0.222. The van der Waals surface area contributed by atoms with E-state index in [0.717, 1.165) is 0 Å². The molecule has 0 bridgehead atoms. The maximum Gasteiger partial charge on any atom is 0.308 e. The Kier molecular flexibility index (Phi) is 4.05. The second-order valence-electron chi connectivity index (χ2n) is 2.58. The topological polar surface area (TPSA) is 26.3 Å². The third kappa shape index (κ3) is 3.05. The van der Waals surface area contributed by atoms with E-state index in [1.54, 1.807) is 12.1 Å². The van der Waals surface area contributed by atoms with Crippen molar-refractivity contribution in [3.63, 3.8) is 0 Å². The summed E-state index contributed by atoms with van der Waals surface area (Å²) < 4.78 is 4.82. The lowest BCUT2D eigenvalue weighted by Crippen LogP contribution is -2.01. The van der Waals surface area contributed by atoms with Gasteiger partial charge >= 0.3 is 5.97 Å². The Bertz CT molecular complexity index is 350. The number of esters is 1. The van der Waals surface area contributed by atoms with Crippen LogP contribution in [0.5, 0.6) is 5.75 Å². The lowest BCUT2D eigenvalue weighted by atomic mass is 10.2. The summed E-state index contributed by atoms with van der Waals surface area (Å²) in [5.41, 5.74) is 0.589. The summed E-state index contributed by atoms with van der Waals surface area (Å²) in [5.74, 6) is -0.0256. The van der Waals surface area contributed by atoms with Crippen LogP contribution in [0.3, 0.4) is 0 Å². The van der Waals surface area contributed by atoms with Crippen molar-refractivity contribution in [2.24, 2.45) is 0 Å². The zero-order valence-electron chi connectivity index (χ0n) is 7.26. The molecule has 0 heterocycles. The van der Waals surface area contributed by atoms with Crippen LogP contribution in [0.25, 0.3) is 0 Å². The Morgan fingerprint density at radius 2 is 2.07 bits per heavy atom. The Balaban J connectivity index is 2.94. The molecule has 1 aromatic rings. The Morgan fingerprint density at radius 1 is 1.43 bits per heavy atom. The van der Waals surface area contributed by atoms with Crippen LogP contribution in [0.1, 0.15) is 17.3 Å². The molecule has 0 fully saturated rings. The second kappa shape index (κ2) is 4.87. The Labute approximate surface area is 96.7 Å². The van der Waals surface area contributed by atoms with Gasteiger partial charge in [-0.2, -0.15) is 0 Å². The van der Waals surface area contributed by atoms with Crippen molar-refractivity contribution in [2.75, 3.05) is 0 Å². The highest BCUT2D eigenvalue weighted by Crippen LogP contribution is 2.33. The minimum Gasteiger partial charge on any atom is -0.427 e. The SMILES string of the molecule is CC(=O)Oc1ccc(C(Cl)Cl)c(Cl)c1. The maximum absolute atomic E-state index is 10.6. The van der Waals surface area contributed by atoms with Gasteiger partial charge in [-0.15, -0.1) is 23.2 Å². The molecule has 0 aliphatic rings. The normalized spacial score (nSPS) is 10.4. The summed E-state index contributed by atoms with van der Waals surface area (Å²) in [4.78, 5) is 9.94. The number of rotatable bonds is 2. The quantitative estimate of drug-likeness (QED) is 0.456. The Morgan fingerprint density at radius 3 is 2.50 bits per heavy atom. The molecule has 76 valence electrons. The van der Waals surface area contributed by atoms with E-state index in [1.165, 1.54) is 13.0 Å². The van der Waals surface area contributed by atoms with E-state index in [9.17, 15) is 4.79 Å². The molecule has 5 heteroatoms. The van der Waals surface area contributed by atoms with Gasteiger partial charge in [0.2, 0.25) is 0 Å². The number of ether oxygens (including phenoxy) is 1. The maximum atomic E-state index is 10.6. The molecule has 0 N–H and O–H groups in total. The van der Waals surface area contributed by atoms with Crippen molar-refractivity contribution in [1.29, 1.82) is 0 Å². The van der Waals surface area contributed by atoms with Crippen molar-refractivity contribution >= 4 is 40.8 Å². The predicted octanol–water partition coefficient (Wildman–Crippen LogP) is 3.74. The number of hydrogen-bond acceptors (Lipinski definition) is 2.